The largest absolute Gasteiger partial charge is 0.377 e. The van der Waals surface area contributed by atoms with Crippen LogP contribution in [0.15, 0.2) is 24.3 Å². The Kier molecular flexibility index (Phi) is 3.50. The summed E-state index contributed by atoms with van der Waals surface area (Å²) in [5, 5.41) is 8.95. The maximum absolute atomic E-state index is 12.7. The number of halogens is 1. The van der Waals surface area contributed by atoms with Crippen molar-refractivity contribution in [3.05, 3.63) is 35.6 Å². The molecular weight excluding hydrogens is 207 g/mol. The summed E-state index contributed by atoms with van der Waals surface area (Å²) >= 11 is 0. The van der Waals surface area contributed by atoms with E-state index in [0.717, 1.165) is 12.1 Å². The molecule has 0 spiro atoms. The molecular formula is C12H13FN2O. The zero-order valence-corrected chi connectivity index (χ0v) is 8.90. The third kappa shape index (κ3) is 2.57. The van der Waals surface area contributed by atoms with E-state index in [1.54, 1.807) is 12.1 Å². The van der Waals surface area contributed by atoms with Gasteiger partial charge in [-0.05, 0) is 17.7 Å². The molecule has 3 nitrogen and oxygen atoms in total. The van der Waals surface area contributed by atoms with Crippen LogP contribution in [0.5, 0.6) is 0 Å². The van der Waals surface area contributed by atoms with Gasteiger partial charge in [0.05, 0.1) is 19.3 Å². The second-order valence-electron chi connectivity index (χ2n) is 3.82. The SMILES string of the molecule is N#C[C@H]1COCCN1Cc1ccc(F)cc1. The summed E-state index contributed by atoms with van der Waals surface area (Å²) in [7, 11) is 0. The van der Waals surface area contributed by atoms with Crippen molar-refractivity contribution in [3.63, 3.8) is 0 Å². The third-order valence-corrected chi connectivity index (χ3v) is 2.69. The summed E-state index contributed by atoms with van der Waals surface area (Å²) in [4.78, 5) is 2.05. The first-order chi connectivity index (χ1) is 7.79. The van der Waals surface area contributed by atoms with Crippen LogP contribution in [0, 0.1) is 17.1 Å². The number of rotatable bonds is 2. The Morgan fingerprint density at radius 2 is 2.19 bits per heavy atom. The van der Waals surface area contributed by atoms with Gasteiger partial charge in [0.2, 0.25) is 0 Å². The Labute approximate surface area is 94.0 Å². The van der Waals surface area contributed by atoms with Gasteiger partial charge in [-0.3, -0.25) is 4.90 Å². The van der Waals surface area contributed by atoms with Gasteiger partial charge in [0.1, 0.15) is 11.9 Å². The van der Waals surface area contributed by atoms with Gasteiger partial charge < -0.3 is 4.74 Å². The van der Waals surface area contributed by atoms with Crippen molar-refractivity contribution in [2.45, 2.75) is 12.6 Å². The van der Waals surface area contributed by atoms with Crippen molar-refractivity contribution in [1.82, 2.24) is 4.90 Å². The van der Waals surface area contributed by atoms with Crippen LogP contribution in [-0.4, -0.2) is 30.7 Å². The highest BCUT2D eigenvalue weighted by Crippen LogP contribution is 2.12. The Hall–Kier alpha value is -1.44. The van der Waals surface area contributed by atoms with Gasteiger partial charge in [-0.15, -0.1) is 0 Å². The molecule has 0 aliphatic carbocycles. The number of nitrogens with zero attached hydrogens (tertiary/aromatic N) is 2. The van der Waals surface area contributed by atoms with Crippen LogP contribution in [0.3, 0.4) is 0 Å². The number of morpholine rings is 1. The molecule has 0 amide bonds. The second-order valence-corrected chi connectivity index (χ2v) is 3.82. The molecule has 1 aromatic carbocycles. The summed E-state index contributed by atoms with van der Waals surface area (Å²) in [5.74, 6) is -0.234. The Balaban J connectivity index is 2.02. The van der Waals surface area contributed by atoms with Crippen molar-refractivity contribution in [1.29, 1.82) is 5.26 Å². The summed E-state index contributed by atoms with van der Waals surface area (Å²) in [5.41, 5.74) is 1.02. The molecule has 0 saturated carbocycles. The van der Waals surface area contributed by atoms with E-state index in [1.165, 1.54) is 12.1 Å². The van der Waals surface area contributed by atoms with Crippen LogP contribution >= 0.6 is 0 Å². The molecule has 0 bridgehead atoms. The Morgan fingerprint density at radius 3 is 2.88 bits per heavy atom. The lowest BCUT2D eigenvalue weighted by atomic mass is 10.1. The molecule has 1 fully saturated rings. The fraction of sp³-hybridized carbons (Fsp3) is 0.417. The molecule has 0 radical (unpaired) electrons. The first-order valence-corrected chi connectivity index (χ1v) is 5.25. The van der Waals surface area contributed by atoms with Gasteiger partial charge in [0.15, 0.2) is 0 Å². The average molecular weight is 220 g/mol. The molecule has 1 aliphatic heterocycles. The van der Waals surface area contributed by atoms with E-state index in [2.05, 4.69) is 11.0 Å². The normalized spacial score (nSPS) is 21.6. The minimum atomic E-state index is -0.234. The van der Waals surface area contributed by atoms with Gasteiger partial charge in [-0.1, -0.05) is 12.1 Å². The van der Waals surface area contributed by atoms with E-state index >= 15 is 0 Å². The molecule has 0 N–H and O–H groups in total. The molecule has 1 saturated heterocycles. The van der Waals surface area contributed by atoms with Gasteiger partial charge in [-0.25, -0.2) is 4.39 Å². The maximum Gasteiger partial charge on any atom is 0.123 e. The molecule has 0 aromatic heterocycles. The van der Waals surface area contributed by atoms with Crippen molar-refractivity contribution in [3.8, 4) is 6.07 Å². The monoisotopic (exact) mass is 220 g/mol. The van der Waals surface area contributed by atoms with Gasteiger partial charge >= 0.3 is 0 Å². The smallest absolute Gasteiger partial charge is 0.123 e. The molecule has 16 heavy (non-hydrogen) atoms. The summed E-state index contributed by atoms with van der Waals surface area (Å²) in [6.07, 6.45) is 0. The number of ether oxygens (including phenoxy) is 1. The van der Waals surface area contributed by atoms with Crippen LogP contribution in [0.1, 0.15) is 5.56 Å². The van der Waals surface area contributed by atoms with E-state index in [0.29, 0.717) is 19.8 Å². The molecule has 1 aliphatic rings. The fourth-order valence-corrected chi connectivity index (χ4v) is 1.77. The van der Waals surface area contributed by atoms with E-state index < -0.39 is 0 Å². The first kappa shape index (κ1) is 11.1. The highest BCUT2D eigenvalue weighted by molar-refractivity contribution is 5.16. The van der Waals surface area contributed by atoms with E-state index in [4.69, 9.17) is 10.00 Å². The predicted octanol–water partition coefficient (Wildman–Crippen LogP) is 1.55. The molecule has 2 rings (SSSR count). The van der Waals surface area contributed by atoms with Crippen molar-refractivity contribution >= 4 is 0 Å². The molecule has 1 heterocycles. The molecule has 0 unspecified atom stereocenters. The quantitative estimate of drug-likeness (QED) is 0.758. The Morgan fingerprint density at radius 1 is 1.44 bits per heavy atom. The average Bonchev–Trinajstić information content (AvgIpc) is 2.33. The summed E-state index contributed by atoms with van der Waals surface area (Å²) in [6, 6.07) is 8.40. The van der Waals surface area contributed by atoms with Gasteiger partial charge in [0.25, 0.3) is 0 Å². The molecule has 84 valence electrons. The molecule has 1 aromatic rings. The van der Waals surface area contributed by atoms with E-state index in [-0.39, 0.29) is 11.9 Å². The van der Waals surface area contributed by atoms with Crippen LogP contribution in [0.25, 0.3) is 0 Å². The number of hydrogen-bond acceptors (Lipinski definition) is 3. The van der Waals surface area contributed by atoms with Gasteiger partial charge in [-0.2, -0.15) is 5.26 Å². The van der Waals surface area contributed by atoms with Crippen LogP contribution in [0.4, 0.5) is 4.39 Å². The fourth-order valence-electron chi connectivity index (χ4n) is 1.77. The zero-order chi connectivity index (χ0) is 11.4. The van der Waals surface area contributed by atoms with Crippen molar-refractivity contribution in [2.24, 2.45) is 0 Å². The van der Waals surface area contributed by atoms with Gasteiger partial charge in [0, 0.05) is 13.1 Å². The highest BCUT2D eigenvalue weighted by Gasteiger charge is 2.22. The zero-order valence-electron chi connectivity index (χ0n) is 8.90. The number of hydrogen-bond donors (Lipinski definition) is 0. The Bertz CT molecular complexity index is 385. The third-order valence-electron chi connectivity index (χ3n) is 2.69. The molecule has 1 atom stereocenters. The van der Waals surface area contributed by atoms with Crippen LogP contribution in [0.2, 0.25) is 0 Å². The first-order valence-electron chi connectivity index (χ1n) is 5.25. The van der Waals surface area contributed by atoms with Crippen LogP contribution < -0.4 is 0 Å². The van der Waals surface area contributed by atoms with Crippen LogP contribution in [-0.2, 0) is 11.3 Å². The topological polar surface area (TPSA) is 36.3 Å². The summed E-state index contributed by atoms with van der Waals surface area (Å²) < 4.78 is 18.0. The minimum absolute atomic E-state index is 0.196. The predicted molar refractivity (Wildman–Crippen MR) is 57.0 cm³/mol. The van der Waals surface area contributed by atoms with E-state index in [1.807, 2.05) is 0 Å². The standard InChI is InChI=1S/C12H13FN2O/c13-11-3-1-10(2-4-11)8-15-5-6-16-9-12(15)7-14/h1-4,12H,5-6,8-9H2/t12-/m0/s1. The lowest BCUT2D eigenvalue weighted by Gasteiger charge is -2.31. The van der Waals surface area contributed by atoms with E-state index in [9.17, 15) is 4.39 Å². The number of benzene rings is 1. The highest BCUT2D eigenvalue weighted by atomic mass is 19.1. The summed E-state index contributed by atoms with van der Waals surface area (Å²) in [6.45, 7) is 2.52. The van der Waals surface area contributed by atoms with Crippen molar-refractivity contribution < 1.29 is 9.13 Å². The van der Waals surface area contributed by atoms with Crippen molar-refractivity contribution in [2.75, 3.05) is 19.8 Å². The maximum atomic E-state index is 12.7. The minimum Gasteiger partial charge on any atom is -0.377 e. The molecule has 4 heteroatoms. The lowest BCUT2D eigenvalue weighted by Crippen LogP contribution is -2.43. The second kappa shape index (κ2) is 5.06. The number of nitriles is 1. The lowest BCUT2D eigenvalue weighted by molar-refractivity contribution is 0.00889.